The maximum Gasteiger partial charge on any atom is 0.0661 e. The highest BCUT2D eigenvalue weighted by atomic mass is 15.2. The highest BCUT2D eigenvalue weighted by molar-refractivity contribution is 5.46. The standard InChI is InChI=1S/C10H10N2/c1-2-8(1)9-3-4-10-5-6-11-12(10)7-9/h3-8H,1-2H2. The van der Waals surface area contributed by atoms with Gasteiger partial charge in [0, 0.05) is 12.4 Å². The number of pyridine rings is 1. The first-order valence-electron chi connectivity index (χ1n) is 4.37. The van der Waals surface area contributed by atoms with Crippen LogP contribution in [0.1, 0.15) is 24.3 Å². The van der Waals surface area contributed by atoms with Gasteiger partial charge in [-0.3, -0.25) is 0 Å². The Labute approximate surface area is 70.8 Å². The number of hydrogen-bond donors (Lipinski definition) is 0. The molecule has 0 aromatic carbocycles. The second kappa shape index (κ2) is 2.09. The van der Waals surface area contributed by atoms with E-state index in [1.807, 2.05) is 16.8 Å². The van der Waals surface area contributed by atoms with Crippen molar-refractivity contribution >= 4 is 5.52 Å². The molecular formula is C10H10N2. The van der Waals surface area contributed by atoms with Crippen molar-refractivity contribution in [3.8, 4) is 0 Å². The smallest absolute Gasteiger partial charge is 0.0661 e. The van der Waals surface area contributed by atoms with Crippen molar-refractivity contribution in [1.29, 1.82) is 0 Å². The van der Waals surface area contributed by atoms with E-state index < -0.39 is 0 Å². The number of rotatable bonds is 1. The summed E-state index contributed by atoms with van der Waals surface area (Å²) >= 11 is 0. The van der Waals surface area contributed by atoms with Crippen LogP contribution >= 0.6 is 0 Å². The van der Waals surface area contributed by atoms with E-state index in [9.17, 15) is 0 Å². The summed E-state index contributed by atoms with van der Waals surface area (Å²) in [4.78, 5) is 0. The van der Waals surface area contributed by atoms with Crippen LogP contribution < -0.4 is 0 Å². The minimum absolute atomic E-state index is 0.818. The Hall–Kier alpha value is -1.31. The largest absolute Gasteiger partial charge is 0.241 e. The molecule has 0 amide bonds. The summed E-state index contributed by atoms with van der Waals surface area (Å²) in [6, 6.07) is 6.38. The van der Waals surface area contributed by atoms with Gasteiger partial charge in [-0.1, -0.05) is 6.07 Å². The van der Waals surface area contributed by atoms with Crippen molar-refractivity contribution in [3.63, 3.8) is 0 Å². The molecule has 2 nitrogen and oxygen atoms in total. The van der Waals surface area contributed by atoms with E-state index in [4.69, 9.17) is 0 Å². The lowest BCUT2D eigenvalue weighted by Crippen LogP contribution is -1.88. The summed E-state index contributed by atoms with van der Waals surface area (Å²) in [6.07, 6.45) is 6.69. The molecule has 2 heterocycles. The first-order valence-corrected chi connectivity index (χ1v) is 4.37. The van der Waals surface area contributed by atoms with Crippen LogP contribution in [0.15, 0.2) is 30.6 Å². The van der Waals surface area contributed by atoms with Crippen LogP contribution in [-0.2, 0) is 0 Å². The number of hydrogen-bond acceptors (Lipinski definition) is 1. The van der Waals surface area contributed by atoms with E-state index in [1.165, 1.54) is 23.9 Å². The first kappa shape index (κ1) is 6.23. The van der Waals surface area contributed by atoms with E-state index in [0.29, 0.717) is 0 Å². The van der Waals surface area contributed by atoms with Gasteiger partial charge in [0.15, 0.2) is 0 Å². The summed E-state index contributed by atoms with van der Waals surface area (Å²) in [5.41, 5.74) is 2.62. The molecule has 3 rings (SSSR count). The summed E-state index contributed by atoms with van der Waals surface area (Å²) < 4.78 is 1.95. The van der Waals surface area contributed by atoms with Crippen molar-refractivity contribution < 1.29 is 0 Å². The zero-order chi connectivity index (χ0) is 7.97. The summed E-state index contributed by atoms with van der Waals surface area (Å²) in [6.45, 7) is 0. The molecule has 0 atom stereocenters. The van der Waals surface area contributed by atoms with Gasteiger partial charge in [-0.05, 0) is 36.5 Å². The fourth-order valence-corrected chi connectivity index (χ4v) is 1.59. The zero-order valence-corrected chi connectivity index (χ0v) is 6.77. The molecule has 1 aliphatic carbocycles. The van der Waals surface area contributed by atoms with Gasteiger partial charge in [0.05, 0.1) is 5.52 Å². The Kier molecular flexibility index (Phi) is 1.09. The average Bonchev–Trinajstić information content (AvgIpc) is 2.84. The average molecular weight is 158 g/mol. The zero-order valence-electron chi connectivity index (χ0n) is 6.77. The van der Waals surface area contributed by atoms with Gasteiger partial charge >= 0.3 is 0 Å². The minimum atomic E-state index is 0.818. The predicted octanol–water partition coefficient (Wildman–Crippen LogP) is 2.21. The van der Waals surface area contributed by atoms with Crippen molar-refractivity contribution in [3.05, 3.63) is 36.2 Å². The molecule has 0 saturated heterocycles. The van der Waals surface area contributed by atoms with Crippen molar-refractivity contribution in [1.82, 2.24) is 9.61 Å². The van der Waals surface area contributed by atoms with Crippen LogP contribution in [0.3, 0.4) is 0 Å². The van der Waals surface area contributed by atoms with E-state index in [-0.39, 0.29) is 0 Å². The third-order valence-corrected chi connectivity index (χ3v) is 2.47. The van der Waals surface area contributed by atoms with Crippen LogP contribution in [-0.4, -0.2) is 9.61 Å². The summed E-state index contributed by atoms with van der Waals surface area (Å²) in [5, 5.41) is 4.21. The lowest BCUT2D eigenvalue weighted by atomic mass is 10.2. The maximum absolute atomic E-state index is 4.21. The molecule has 0 N–H and O–H groups in total. The topological polar surface area (TPSA) is 17.3 Å². The SMILES string of the molecule is c1cc2ccc(C3CC3)cn2n1. The lowest BCUT2D eigenvalue weighted by Gasteiger charge is -1.98. The normalized spacial score (nSPS) is 17.0. The fraction of sp³-hybridized carbons (Fsp3) is 0.300. The quantitative estimate of drug-likeness (QED) is 0.622. The van der Waals surface area contributed by atoms with Crippen molar-refractivity contribution in [2.75, 3.05) is 0 Å². The van der Waals surface area contributed by atoms with E-state index in [2.05, 4.69) is 23.4 Å². The number of nitrogens with zero attached hydrogens (tertiary/aromatic N) is 2. The molecule has 0 bridgehead atoms. The summed E-state index contributed by atoms with van der Waals surface area (Å²) in [7, 11) is 0. The molecule has 1 saturated carbocycles. The van der Waals surface area contributed by atoms with E-state index >= 15 is 0 Å². The molecule has 0 aliphatic heterocycles. The van der Waals surface area contributed by atoms with Crippen molar-refractivity contribution in [2.45, 2.75) is 18.8 Å². The van der Waals surface area contributed by atoms with Gasteiger partial charge in [0.25, 0.3) is 0 Å². The third kappa shape index (κ3) is 0.843. The van der Waals surface area contributed by atoms with Gasteiger partial charge < -0.3 is 0 Å². The predicted molar refractivity (Wildman–Crippen MR) is 47.2 cm³/mol. The van der Waals surface area contributed by atoms with Crippen LogP contribution in [0.25, 0.3) is 5.52 Å². The van der Waals surface area contributed by atoms with Crippen LogP contribution in [0.2, 0.25) is 0 Å². The third-order valence-electron chi connectivity index (χ3n) is 2.47. The van der Waals surface area contributed by atoms with Gasteiger partial charge in [0.2, 0.25) is 0 Å². The Morgan fingerprint density at radius 1 is 1.25 bits per heavy atom. The van der Waals surface area contributed by atoms with Crippen LogP contribution in [0, 0.1) is 0 Å². The van der Waals surface area contributed by atoms with Gasteiger partial charge in [0.1, 0.15) is 0 Å². The van der Waals surface area contributed by atoms with Gasteiger partial charge in [-0.15, -0.1) is 0 Å². The monoisotopic (exact) mass is 158 g/mol. The number of aromatic nitrogens is 2. The molecule has 1 aliphatic rings. The molecular weight excluding hydrogens is 148 g/mol. The molecule has 60 valence electrons. The summed E-state index contributed by atoms with van der Waals surface area (Å²) in [5.74, 6) is 0.818. The molecule has 2 heteroatoms. The van der Waals surface area contributed by atoms with Crippen LogP contribution in [0.4, 0.5) is 0 Å². The van der Waals surface area contributed by atoms with Crippen LogP contribution in [0.5, 0.6) is 0 Å². The Bertz CT molecular complexity index is 412. The highest BCUT2D eigenvalue weighted by Crippen LogP contribution is 2.39. The molecule has 2 aromatic rings. The fourth-order valence-electron chi connectivity index (χ4n) is 1.59. The second-order valence-corrected chi connectivity index (χ2v) is 3.44. The number of fused-ring (bicyclic) bond motifs is 1. The van der Waals surface area contributed by atoms with E-state index in [0.717, 1.165) is 5.92 Å². The molecule has 0 spiro atoms. The highest BCUT2D eigenvalue weighted by Gasteiger charge is 2.23. The lowest BCUT2D eigenvalue weighted by molar-refractivity contribution is 0.933. The molecule has 2 aromatic heterocycles. The minimum Gasteiger partial charge on any atom is -0.241 e. The van der Waals surface area contributed by atoms with Crippen molar-refractivity contribution in [2.24, 2.45) is 0 Å². The van der Waals surface area contributed by atoms with Gasteiger partial charge in [-0.2, -0.15) is 5.10 Å². The first-order chi connectivity index (χ1) is 5.93. The molecule has 1 fully saturated rings. The maximum atomic E-state index is 4.21. The Morgan fingerprint density at radius 3 is 3.00 bits per heavy atom. The Morgan fingerprint density at radius 2 is 2.17 bits per heavy atom. The molecule has 12 heavy (non-hydrogen) atoms. The van der Waals surface area contributed by atoms with Gasteiger partial charge in [-0.25, -0.2) is 4.52 Å². The molecule has 0 unspecified atom stereocenters. The Balaban J connectivity index is 2.21. The molecule has 0 radical (unpaired) electrons. The van der Waals surface area contributed by atoms with E-state index in [1.54, 1.807) is 0 Å². The second-order valence-electron chi connectivity index (χ2n) is 3.44.